The number of benzene rings is 1. The summed E-state index contributed by atoms with van der Waals surface area (Å²) in [6, 6.07) is 8.89. The van der Waals surface area contributed by atoms with Crippen LogP contribution in [0.25, 0.3) is 0 Å². The van der Waals surface area contributed by atoms with Gasteiger partial charge in [0.15, 0.2) is 0 Å². The van der Waals surface area contributed by atoms with Crippen LogP contribution in [0.2, 0.25) is 0 Å². The molecule has 0 aliphatic rings. The molecule has 0 aromatic heterocycles. The van der Waals surface area contributed by atoms with Gasteiger partial charge >= 0.3 is 0 Å². The zero-order valence-electron chi connectivity index (χ0n) is 9.66. The lowest BCUT2D eigenvalue weighted by Crippen LogP contribution is -2.15. The summed E-state index contributed by atoms with van der Waals surface area (Å²) >= 11 is 4.16. The van der Waals surface area contributed by atoms with Crippen LogP contribution in [-0.4, -0.2) is 12.3 Å². The molecule has 0 radical (unpaired) electrons. The molecule has 0 saturated carbocycles. The highest BCUT2D eigenvalue weighted by Gasteiger charge is 1.97. The van der Waals surface area contributed by atoms with Crippen LogP contribution in [0.1, 0.15) is 25.0 Å². The molecule has 0 amide bonds. The molecule has 1 aromatic carbocycles. The molecule has 0 heterocycles. The molecule has 1 nitrogen and oxygen atoms in total. The first-order valence-corrected chi connectivity index (χ1v) is 6.25. The third-order valence-electron chi connectivity index (χ3n) is 2.28. The van der Waals surface area contributed by atoms with Gasteiger partial charge in [0.05, 0.1) is 0 Å². The number of hydrogen-bond acceptors (Lipinski definition) is 2. The van der Waals surface area contributed by atoms with Crippen molar-refractivity contribution in [3.63, 3.8) is 0 Å². The van der Waals surface area contributed by atoms with Crippen molar-refractivity contribution in [3.05, 3.63) is 35.4 Å². The molecule has 0 unspecified atom stereocenters. The summed E-state index contributed by atoms with van der Waals surface area (Å²) in [6.07, 6.45) is 1.17. The topological polar surface area (TPSA) is 12.0 Å². The summed E-state index contributed by atoms with van der Waals surface area (Å²) in [4.78, 5) is 0. The predicted octanol–water partition coefficient (Wildman–Crippen LogP) is 2.90. The second kappa shape index (κ2) is 6.91. The smallest absolute Gasteiger partial charge is 0.0205 e. The zero-order chi connectivity index (χ0) is 11.1. The number of hydrogen-bond donors (Lipinski definition) is 2. The summed E-state index contributed by atoms with van der Waals surface area (Å²) in [5.74, 6) is 1.63. The predicted molar refractivity (Wildman–Crippen MR) is 70.5 cm³/mol. The summed E-state index contributed by atoms with van der Waals surface area (Å²) < 4.78 is 0. The van der Waals surface area contributed by atoms with Gasteiger partial charge in [-0.15, -0.1) is 0 Å². The molecule has 15 heavy (non-hydrogen) atoms. The van der Waals surface area contributed by atoms with Crippen LogP contribution in [0.15, 0.2) is 24.3 Å². The Hall–Kier alpha value is -0.470. The number of rotatable bonds is 6. The standard InChI is InChI=1S/C13H21NS/c1-11(2)9-12-3-5-13(6-4-12)10-14-7-8-15/h3-6,11,14-15H,7-10H2,1-2H3. The first kappa shape index (κ1) is 12.6. The van der Waals surface area contributed by atoms with E-state index in [9.17, 15) is 0 Å². The average Bonchev–Trinajstić information content (AvgIpc) is 2.20. The second-order valence-corrected chi connectivity index (χ2v) is 4.76. The van der Waals surface area contributed by atoms with Gasteiger partial charge in [-0.2, -0.15) is 12.6 Å². The van der Waals surface area contributed by atoms with Crippen LogP contribution in [0.4, 0.5) is 0 Å². The van der Waals surface area contributed by atoms with Crippen molar-refractivity contribution in [2.75, 3.05) is 12.3 Å². The summed E-state index contributed by atoms with van der Waals surface area (Å²) in [5.41, 5.74) is 2.78. The number of nitrogens with one attached hydrogen (secondary N) is 1. The Morgan fingerprint density at radius 2 is 1.73 bits per heavy atom. The van der Waals surface area contributed by atoms with E-state index in [0.717, 1.165) is 24.8 Å². The zero-order valence-corrected chi connectivity index (χ0v) is 10.6. The van der Waals surface area contributed by atoms with E-state index in [0.29, 0.717) is 0 Å². The van der Waals surface area contributed by atoms with Crippen molar-refractivity contribution in [2.45, 2.75) is 26.8 Å². The van der Waals surface area contributed by atoms with E-state index in [1.807, 2.05) is 0 Å². The van der Waals surface area contributed by atoms with Gasteiger partial charge in [-0.25, -0.2) is 0 Å². The lowest BCUT2D eigenvalue weighted by atomic mass is 10.0. The van der Waals surface area contributed by atoms with Crippen LogP contribution < -0.4 is 5.32 Å². The van der Waals surface area contributed by atoms with Crippen molar-refractivity contribution < 1.29 is 0 Å². The Kier molecular flexibility index (Phi) is 5.81. The van der Waals surface area contributed by atoms with E-state index in [2.05, 4.69) is 56.1 Å². The van der Waals surface area contributed by atoms with Crippen molar-refractivity contribution in [2.24, 2.45) is 5.92 Å². The van der Waals surface area contributed by atoms with Crippen molar-refractivity contribution in [1.29, 1.82) is 0 Å². The minimum atomic E-state index is 0.734. The van der Waals surface area contributed by atoms with Gasteiger partial charge in [0.1, 0.15) is 0 Å². The molecule has 0 aliphatic carbocycles. The van der Waals surface area contributed by atoms with Crippen molar-refractivity contribution >= 4 is 12.6 Å². The first-order valence-electron chi connectivity index (χ1n) is 5.61. The molecule has 0 bridgehead atoms. The summed E-state index contributed by atoms with van der Waals surface area (Å²) in [6.45, 7) is 6.42. The highest BCUT2D eigenvalue weighted by Crippen LogP contribution is 2.09. The van der Waals surface area contributed by atoms with Crippen LogP contribution >= 0.6 is 12.6 Å². The summed E-state index contributed by atoms with van der Waals surface area (Å²) in [5, 5.41) is 3.34. The van der Waals surface area contributed by atoms with Gasteiger partial charge < -0.3 is 5.32 Å². The number of thiol groups is 1. The summed E-state index contributed by atoms with van der Waals surface area (Å²) in [7, 11) is 0. The normalized spacial score (nSPS) is 10.9. The first-order chi connectivity index (χ1) is 7.22. The average molecular weight is 223 g/mol. The molecule has 0 saturated heterocycles. The van der Waals surface area contributed by atoms with E-state index in [4.69, 9.17) is 0 Å². The fraction of sp³-hybridized carbons (Fsp3) is 0.538. The highest BCUT2D eigenvalue weighted by atomic mass is 32.1. The SMILES string of the molecule is CC(C)Cc1ccc(CNCCS)cc1. The van der Waals surface area contributed by atoms with E-state index >= 15 is 0 Å². The largest absolute Gasteiger partial charge is 0.312 e. The van der Waals surface area contributed by atoms with E-state index in [1.54, 1.807) is 0 Å². The molecule has 1 aromatic rings. The lowest BCUT2D eigenvalue weighted by Gasteiger charge is -2.07. The van der Waals surface area contributed by atoms with Crippen molar-refractivity contribution in [1.82, 2.24) is 5.32 Å². The molecule has 0 atom stereocenters. The maximum absolute atomic E-state index is 4.16. The van der Waals surface area contributed by atoms with Gasteiger partial charge in [0.2, 0.25) is 0 Å². The Balaban J connectivity index is 2.42. The molecule has 0 aliphatic heterocycles. The van der Waals surface area contributed by atoms with Gasteiger partial charge in [-0.3, -0.25) is 0 Å². The Bertz CT molecular complexity index is 266. The van der Waals surface area contributed by atoms with Crippen molar-refractivity contribution in [3.8, 4) is 0 Å². The van der Waals surface area contributed by atoms with E-state index in [1.165, 1.54) is 17.5 Å². The quantitative estimate of drug-likeness (QED) is 0.558. The molecule has 1 rings (SSSR count). The maximum Gasteiger partial charge on any atom is 0.0205 e. The molecular formula is C13H21NS. The molecule has 0 spiro atoms. The van der Waals surface area contributed by atoms with Gasteiger partial charge in [0.25, 0.3) is 0 Å². The fourth-order valence-electron chi connectivity index (χ4n) is 1.58. The highest BCUT2D eigenvalue weighted by molar-refractivity contribution is 7.80. The molecular weight excluding hydrogens is 202 g/mol. The molecule has 84 valence electrons. The molecule has 1 N–H and O–H groups in total. The third-order valence-corrected chi connectivity index (χ3v) is 2.51. The second-order valence-electron chi connectivity index (χ2n) is 4.31. The minimum Gasteiger partial charge on any atom is -0.312 e. The minimum absolute atomic E-state index is 0.734. The fourth-order valence-corrected chi connectivity index (χ4v) is 1.73. The maximum atomic E-state index is 4.16. The lowest BCUT2D eigenvalue weighted by molar-refractivity contribution is 0.646. The van der Waals surface area contributed by atoms with Crippen LogP contribution in [-0.2, 0) is 13.0 Å². The molecule has 0 fully saturated rings. The Morgan fingerprint density at radius 1 is 1.13 bits per heavy atom. The molecule has 2 heteroatoms. The van der Waals surface area contributed by atoms with Crippen LogP contribution in [0.3, 0.4) is 0 Å². The van der Waals surface area contributed by atoms with E-state index < -0.39 is 0 Å². The van der Waals surface area contributed by atoms with Gasteiger partial charge in [-0.1, -0.05) is 38.1 Å². The monoisotopic (exact) mass is 223 g/mol. The van der Waals surface area contributed by atoms with Gasteiger partial charge in [0, 0.05) is 18.8 Å². The van der Waals surface area contributed by atoms with Crippen LogP contribution in [0.5, 0.6) is 0 Å². The Labute approximate surface area is 98.7 Å². The third kappa shape index (κ3) is 5.24. The van der Waals surface area contributed by atoms with E-state index in [-0.39, 0.29) is 0 Å². The van der Waals surface area contributed by atoms with Crippen LogP contribution in [0, 0.1) is 5.92 Å². The van der Waals surface area contributed by atoms with Gasteiger partial charge in [-0.05, 0) is 23.5 Å². The Morgan fingerprint density at radius 3 is 2.27 bits per heavy atom.